The molecule has 0 spiro atoms. The molecule has 5 aliphatic rings. The van der Waals surface area contributed by atoms with Crippen LogP contribution in [0.15, 0.2) is 202 Å². The van der Waals surface area contributed by atoms with Gasteiger partial charge >= 0.3 is 41.8 Å². The number of nitrogens with zero attached hydrogens (tertiary/aromatic N) is 9. The highest BCUT2D eigenvalue weighted by molar-refractivity contribution is 9.11. The van der Waals surface area contributed by atoms with Crippen molar-refractivity contribution in [3.8, 4) is 0 Å². The lowest BCUT2D eigenvalue weighted by atomic mass is 9.91. The van der Waals surface area contributed by atoms with E-state index in [1.807, 2.05) is 15.7 Å². The number of nitrogens with one attached hydrogen (secondary N) is 3. The van der Waals surface area contributed by atoms with Gasteiger partial charge in [0, 0.05) is 137 Å². The van der Waals surface area contributed by atoms with Crippen LogP contribution in [0.4, 0.5) is 17.6 Å². The number of rotatable bonds is 31. The fourth-order valence-electron chi connectivity index (χ4n) is 13.3. The van der Waals surface area contributed by atoms with Crippen molar-refractivity contribution >= 4 is 196 Å². The fraction of sp³-hybridized carbons (Fsp3) is 0.356. The van der Waals surface area contributed by atoms with Crippen LogP contribution in [0.25, 0.3) is 0 Å². The third-order valence-corrected chi connectivity index (χ3v) is 25.3. The van der Waals surface area contributed by atoms with Gasteiger partial charge in [-0.25, -0.2) is 56.7 Å². The van der Waals surface area contributed by atoms with Gasteiger partial charge in [-0.3, -0.25) is 39.1 Å². The molecule has 5 atom stereocenters. The summed E-state index contributed by atoms with van der Waals surface area (Å²) in [4.78, 5) is 136. The molecule has 130 heavy (non-hydrogen) atoms. The third kappa shape index (κ3) is 27.5. The van der Waals surface area contributed by atoms with E-state index in [0.29, 0.717) is 126 Å². The first-order chi connectivity index (χ1) is 62.5. The number of thiazole rings is 4. The number of hydrogen-bond donors (Lipinski definition) is 6. The molecule has 4 aromatic heterocycles. The Bertz CT molecular complexity index is 5590. The van der Waals surface area contributed by atoms with Gasteiger partial charge in [0.2, 0.25) is 0 Å². The third-order valence-electron chi connectivity index (χ3n) is 18.9. The fourth-order valence-corrected chi connectivity index (χ4v) is 18.4. The molecule has 0 aliphatic carbocycles. The summed E-state index contributed by atoms with van der Waals surface area (Å²) in [5, 5.41) is 48.5. The highest BCUT2D eigenvalue weighted by atomic mass is 79.9. The number of carbonyl (C=O) groups is 8. The number of aromatic nitrogens is 4. The molecule has 0 saturated carbocycles. The molecule has 5 aliphatic heterocycles. The highest BCUT2D eigenvalue weighted by Crippen LogP contribution is 2.46. The number of aliphatic imine (C=N–C) groups is 4. The van der Waals surface area contributed by atoms with E-state index >= 15 is 0 Å². The topological polar surface area (TPSA) is 402 Å². The van der Waals surface area contributed by atoms with E-state index in [2.05, 4.69) is 125 Å². The van der Waals surface area contributed by atoms with Gasteiger partial charge in [0.05, 0.1) is 68.5 Å². The molecule has 1 saturated heterocycles. The monoisotopic (exact) mass is 2190 g/mol. The van der Waals surface area contributed by atoms with Crippen molar-refractivity contribution in [3.63, 3.8) is 0 Å². The first kappa shape index (κ1) is 104. The van der Waals surface area contributed by atoms with E-state index in [0.717, 1.165) is 10.7 Å². The molecule has 1 fully saturated rings. The summed E-state index contributed by atoms with van der Waals surface area (Å²) in [6.07, 6.45) is 7.00. The van der Waals surface area contributed by atoms with Crippen LogP contribution < -0.4 is 16.0 Å². The van der Waals surface area contributed by atoms with E-state index in [9.17, 15) is 71.2 Å². The van der Waals surface area contributed by atoms with Crippen molar-refractivity contribution in [2.24, 2.45) is 37.7 Å². The Morgan fingerprint density at radius 1 is 0.454 bits per heavy atom. The molecular formula is C87H89Br5F4N12O18S4. The Morgan fingerprint density at radius 2 is 0.785 bits per heavy atom. The maximum absolute atomic E-state index is 13.9. The highest BCUT2D eigenvalue weighted by Gasteiger charge is 2.44. The quantitative estimate of drug-likeness (QED) is 0.00772. The molecule has 692 valence electrons. The number of ketones is 1. The number of aliphatic hydroxyl groups excluding tert-OH is 3. The predicted octanol–water partition coefficient (Wildman–Crippen LogP) is 15.6. The zero-order valence-corrected chi connectivity index (χ0v) is 82.1. The van der Waals surface area contributed by atoms with Crippen LogP contribution in [-0.2, 0) is 71.5 Å². The first-order valence-corrected chi connectivity index (χ1v) is 48.1. The maximum atomic E-state index is 13.9. The Hall–Kier alpha value is -9.80. The van der Waals surface area contributed by atoms with Gasteiger partial charge in [-0.15, -0.1) is 45.3 Å². The average molecular weight is 2190 g/mol. The standard InChI is InChI=1S/C24H25BrFN3O6S.C20H21BrFN3O4S.C20H19BrFN3O3S.C17H14Br2FN3O2S.C6H10O3/c1-4-33-22(30)15(23(31)34-5-2)12-17-18(24(32)35-6-3)19(14-8-7-13(26)11-16(14)25)29-20(28-17)21-27-9-10-36-21;1-2-29-20(28)16-15(7-11(9-26)10-27)24-18(19-23-5-6-30-19)25-17(16)13-4-3-12(22)8-14(13)21;1-2-28-20(27)16-15-7-11(10-26)9-25(15)18(19-23-5-6-29-19)24-17(16)13-4-3-12(22)8-14(13)21;1-2-25-17(24)13-12(8-18)22-15(16-21-5-6-26-16)23-14(13)10-4-3-9(20)7-11(10)19;1-3-9-6(8)4-5(2)7/h7-11,15,19H,4-6,12H2,1-3H3,(H,28,29);3-6,8,11,17,26-27H,2,7,9-10H2,1H3,(H,24,25);3-6,8,11,17,26H,2,7,9-10H2,1H3;3-7,14H,2,8H2,1H3,(H,22,23);3-4H2,1-2H3/t19-;17-;11?,17-;14-;/m0000./s1. The van der Waals surface area contributed by atoms with Crippen molar-refractivity contribution < 1.29 is 104 Å². The van der Waals surface area contributed by atoms with Gasteiger partial charge in [-0.1, -0.05) is 104 Å². The molecule has 30 nitrogen and oxygen atoms in total. The largest absolute Gasteiger partial charge is 0.466 e. The number of aliphatic hydroxyl groups is 3. The summed E-state index contributed by atoms with van der Waals surface area (Å²) < 4.78 is 92.5. The zero-order valence-electron chi connectivity index (χ0n) is 70.9. The van der Waals surface area contributed by atoms with Crippen LogP contribution in [0.2, 0.25) is 0 Å². The van der Waals surface area contributed by atoms with Gasteiger partial charge in [0.1, 0.15) is 59.6 Å². The summed E-state index contributed by atoms with van der Waals surface area (Å²) in [7, 11) is 0. The van der Waals surface area contributed by atoms with Crippen molar-refractivity contribution in [1.82, 2.24) is 40.8 Å². The Labute approximate surface area is 803 Å². The number of alkyl halides is 1. The number of allylic oxidation sites excluding steroid dienone is 4. The van der Waals surface area contributed by atoms with Crippen LogP contribution >= 0.6 is 125 Å². The number of benzene rings is 4. The van der Waals surface area contributed by atoms with Crippen LogP contribution in [0.3, 0.4) is 0 Å². The summed E-state index contributed by atoms with van der Waals surface area (Å²) in [6, 6.07) is 13.8. The van der Waals surface area contributed by atoms with Crippen molar-refractivity contribution in [1.29, 1.82) is 0 Å². The molecule has 8 aromatic rings. The lowest BCUT2D eigenvalue weighted by Gasteiger charge is -2.32. The van der Waals surface area contributed by atoms with Crippen LogP contribution in [0, 0.1) is 41.0 Å². The van der Waals surface area contributed by atoms with E-state index < -0.39 is 89.4 Å². The van der Waals surface area contributed by atoms with E-state index in [4.69, 9.17) is 43.4 Å². The summed E-state index contributed by atoms with van der Waals surface area (Å²) in [5.74, 6) is -5.87. The Kier molecular flexibility index (Phi) is 41.0. The molecular weight excluding hydrogens is 2100 g/mol. The molecule has 0 bridgehead atoms. The minimum Gasteiger partial charge on any atom is -0.466 e. The summed E-state index contributed by atoms with van der Waals surface area (Å²) in [6.45, 7) is 14.4. The minimum absolute atomic E-state index is 0.00611. The SMILES string of the molecule is CCOC(=O)C1=C(CBr)NC(c2nccs2)=N[C@H]1c1ccc(F)cc1Br.CCOC(=O)C1=C(CC(C(=O)OCC)C(=O)OCC)NC(c2nccs2)=N[C@H]1c1ccc(F)cc1Br.CCOC(=O)C1=C(CC(CO)CO)NC(c2nccs2)=N[C@H]1c1ccc(F)cc1Br.CCOC(=O)C1=C2CC(CO)CN2C(c2nccs2)=N[C@H]1c1ccc(F)cc1Br.CCOC(=O)CC(C)=O. The van der Waals surface area contributed by atoms with E-state index in [1.54, 1.807) is 102 Å². The van der Waals surface area contributed by atoms with Crippen LogP contribution in [-0.4, -0.2) is 189 Å². The first-order valence-electron chi connectivity index (χ1n) is 40.3. The van der Waals surface area contributed by atoms with Gasteiger partial charge in [0.25, 0.3) is 0 Å². The molecule has 4 aromatic carbocycles. The van der Waals surface area contributed by atoms with Crippen molar-refractivity contribution in [2.75, 3.05) is 77.9 Å². The minimum atomic E-state index is -1.34. The average Bonchev–Trinajstić information content (AvgIpc) is 1.58. The molecule has 13 rings (SSSR count). The normalized spacial score (nSPS) is 16.8. The number of ether oxygens (including phenoxy) is 7. The van der Waals surface area contributed by atoms with Crippen molar-refractivity contribution in [3.05, 3.63) is 248 Å². The second kappa shape index (κ2) is 51.3. The molecule has 43 heteroatoms. The smallest absolute Gasteiger partial charge is 0.338 e. The second-order valence-electron chi connectivity index (χ2n) is 27.7. The number of hydrogen-bond acceptors (Lipinski definition) is 34. The Morgan fingerprint density at radius 3 is 1.10 bits per heavy atom. The molecule has 0 amide bonds. The molecule has 1 unspecified atom stereocenters. The lowest BCUT2D eigenvalue weighted by Crippen LogP contribution is -2.37. The van der Waals surface area contributed by atoms with Gasteiger partial charge in [0.15, 0.2) is 49.3 Å². The van der Waals surface area contributed by atoms with Gasteiger partial charge in [-0.2, -0.15) is 0 Å². The van der Waals surface area contributed by atoms with Gasteiger partial charge in [-0.05, 0) is 139 Å². The summed E-state index contributed by atoms with van der Waals surface area (Å²) >= 11 is 22.5. The number of halogens is 9. The Balaban J connectivity index is 0.000000190. The number of esters is 7. The lowest BCUT2D eigenvalue weighted by molar-refractivity contribution is -0.162. The van der Waals surface area contributed by atoms with E-state index in [-0.39, 0.29) is 119 Å². The number of amidine groups is 4. The number of Topliss-reactive ketones (excluding diaryl/α,β-unsaturated/α-hetero) is 1. The predicted molar refractivity (Wildman–Crippen MR) is 497 cm³/mol. The number of carbonyl (C=O) groups excluding carboxylic acids is 8. The second-order valence-corrected chi connectivity index (χ2v) is 35.2. The molecule has 9 heterocycles. The van der Waals surface area contributed by atoms with Gasteiger partial charge < -0.3 is 69.3 Å². The number of fused-ring (bicyclic) bond motifs is 1. The van der Waals surface area contributed by atoms with E-state index in [1.165, 1.54) is 107 Å². The van der Waals surface area contributed by atoms with Crippen LogP contribution in [0.1, 0.15) is 148 Å². The van der Waals surface area contributed by atoms with Crippen LogP contribution in [0.5, 0.6) is 0 Å². The summed E-state index contributed by atoms with van der Waals surface area (Å²) in [5.41, 5.74) is 5.66. The van der Waals surface area contributed by atoms with Crippen molar-refractivity contribution in [2.45, 2.75) is 105 Å². The maximum Gasteiger partial charge on any atom is 0.338 e. The molecule has 0 radical (unpaired) electrons. The zero-order chi connectivity index (χ0) is 94.4. The molecule has 6 N–H and O–H groups in total.